The Labute approximate surface area is 137 Å². The lowest BCUT2D eigenvalue weighted by atomic mass is 9.96. The molecule has 4 nitrogen and oxygen atoms in total. The van der Waals surface area contributed by atoms with Crippen LogP contribution in [0.3, 0.4) is 0 Å². The quantitative estimate of drug-likeness (QED) is 0.944. The smallest absolute Gasteiger partial charge is 0.272 e. The fourth-order valence-electron chi connectivity index (χ4n) is 3.12. The average molecular weight is 309 g/mol. The zero-order valence-corrected chi connectivity index (χ0v) is 13.8. The fraction of sp³-hybridized carbons (Fsp3) is 0.421. The Kier molecular flexibility index (Phi) is 4.70. The van der Waals surface area contributed by atoms with Crippen molar-refractivity contribution in [1.29, 1.82) is 0 Å². The first kappa shape index (κ1) is 15.7. The lowest BCUT2D eigenvalue weighted by Gasteiger charge is -2.17. The topological polar surface area (TPSA) is 54.9 Å². The van der Waals surface area contributed by atoms with Gasteiger partial charge in [0, 0.05) is 6.04 Å². The molecule has 1 N–H and O–H groups in total. The molecular weight excluding hydrogens is 286 g/mol. The van der Waals surface area contributed by atoms with E-state index in [-0.39, 0.29) is 11.9 Å². The van der Waals surface area contributed by atoms with Crippen molar-refractivity contribution in [3.8, 4) is 0 Å². The third-order valence-electron chi connectivity index (χ3n) is 4.47. The van der Waals surface area contributed by atoms with E-state index in [1.165, 1.54) is 29.5 Å². The second-order valence-corrected chi connectivity index (χ2v) is 6.41. The van der Waals surface area contributed by atoms with Gasteiger partial charge in [-0.2, -0.15) is 5.10 Å². The molecule has 1 aromatic carbocycles. The van der Waals surface area contributed by atoms with Crippen molar-refractivity contribution in [2.45, 2.75) is 52.0 Å². The van der Waals surface area contributed by atoms with E-state index in [1.54, 1.807) is 0 Å². The summed E-state index contributed by atoms with van der Waals surface area (Å²) in [6, 6.07) is 10.2. The van der Waals surface area contributed by atoms with E-state index in [4.69, 9.17) is 0 Å². The van der Waals surface area contributed by atoms with Gasteiger partial charge in [0.05, 0.1) is 5.69 Å². The standard InChI is InChI=1S/C19H23N3O/c1-13-7-3-4-8-15(13)11-14(2)20-19(23)18-12-16-9-5-6-10-17(16)21-22-18/h3-4,7-8,12,14H,5-6,9-11H2,1-2H3,(H,20,23). The second kappa shape index (κ2) is 6.90. The van der Waals surface area contributed by atoms with Gasteiger partial charge in [0.25, 0.3) is 5.91 Å². The average Bonchev–Trinajstić information content (AvgIpc) is 2.56. The molecule has 0 spiro atoms. The monoisotopic (exact) mass is 309 g/mol. The first-order chi connectivity index (χ1) is 11.1. The minimum Gasteiger partial charge on any atom is -0.348 e. The molecular formula is C19H23N3O. The van der Waals surface area contributed by atoms with E-state index in [0.717, 1.165) is 25.0 Å². The molecule has 1 aliphatic carbocycles. The molecule has 1 aromatic heterocycles. The highest BCUT2D eigenvalue weighted by atomic mass is 16.2. The number of aromatic nitrogens is 2. The lowest BCUT2D eigenvalue weighted by Crippen LogP contribution is -2.35. The number of hydrogen-bond donors (Lipinski definition) is 1. The molecule has 1 amide bonds. The maximum Gasteiger partial charge on any atom is 0.272 e. The summed E-state index contributed by atoms with van der Waals surface area (Å²) in [4.78, 5) is 12.4. The van der Waals surface area contributed by atoms with Gasteiger partial charge in [-0.15, -0.1) is 5.10 Å². The van der Waals surface area contributed by atoms with E-state index in [1.807, 2.05) is 25.1 Å². The van der Waals surface area contributed by atoms with Crippen molar-refractivity contribution in [3.63, 3.8) is 0 Å². The predicted octanol–water partition coefficient (Wildman–Crippen LogP) is 3.02. The van der Waals surface area contributed by atoms with Gasteiger partial charge in [0.1, 0.15) is 0 Å². The van der Waals surface area contributed by atoms with Crippen LogP contribution in [0.5, 0.6) is 0 Å². The van der Waals surface area contributed by atoms with Gasteiger partial charge in [-0.1, -0.05) is 24.3 Å². The van der Waals surface area contributed by atoms with E-state index in [0.29, 0.717) is 5.69 Å². The summed E-state index contributed by atoms with van der Waals surface area (Å²) < 4.78 is 0. The molecule has 0 bridgehead atoms. The van der Waals surface area contributed by atoms with E-state index < -0.39 is 0 Å². The maximum absolute atomic E-state index is 12.4. The highest BCUT2D eigenvalue weighted by Gasteiger charge is 2.17. The number of amides is 1. The number of carbonyl (C=O) groups is 1. The van der Waals surface area contributed by atoms with Crippen LogP contribution in [0.25, 0.3) is 0 Å². The van der Waals surface area contributed by atoms with Crippen LogP contribution < -0.4 is 5.32 Å². The van der Waals surface area contributed by atoms with Gasteiger partial charge in [0.2, 0.25) is 0 Å². The third kappa shape index (κ3) is 3.76. The molecule has 1 aliphatic rings. The van der Waals surface area contributed by atoms with Crippen molar-refractivity contribution in [2.24, 2.45) is 0 Å². The van der Waals surface area contributed by atoms with Crippen LogP contribution in [0.2, 0.25) is 0 Å². The van der Waals surface area contributed by atoms with E-state index in [9.17, 15) is 4.79 Å². The minimum absolute atomic E-state index is 0.0569. The first-order valence-corrected chi connectivity index (χ1v) is 8.34. The maximum atomic E-state index is 12.4. The van der Waals surface area contributed by atoms with Gasteiger partial charge >= 0.3 is 0 Å². The third-order valence-corrected chi connectivity index (χ3v) is 4.47. The molecule has 0 radical (unpaired) electrons. The summed E-state index contributed by atoms with van der Waals surface area (Å²) in [7, 11) is 0. The molecule has 1 heterocycles. The summed E-state index contributed by atoms with van der Waals surface area (Å²) in [5.41, 5.74) is 5.19. The SMILES string of the molecule is Cc1ccccc1CC(C)NC(=O)c1cc2c(nn1)CCCC2. The van der Waals surface area contributed by atoms with Crippen LogP contribution in [0.15, 0.2) is 30.3 Å². The largest absolute Gasteiger partial charge is 0.348 e. The molecule has 0 saturated heterocycles. The number of fused-ring (bicyclic) bond motifs is 1. The van der Waals surface area contributed by atoms with Gasteiger partial charge < -0.3 is 5.32 Å². The molecule has 4 heteroatoms. The van der Waals surface area contributed by atoms with Crippen LogP contribution in [0.4, 0.5) is 0 Å². The summed E-state index contributed by atoms with van der Waals surface area (Å²) in [5.74, 6) is -0.132. The lowest BCUT2D eigenvalue weighted by molar-refractivity contribution is 0.0933. The van der Waals surface area contributed by atoms with Crippen LogP contribution in [-0.2, 0) is 19.3 Å². The van der Waals surface area contributed by atoms with Crippen molar-refractivity contribution >= 4 is 5.91 Å². The second-order valence-electron chi connectivity index (χ2n) is 6.41. The van der Waals surface area contributed by atoms with Crippen molar-refractivity contribution in [2.75, 3.05) is 0 Å². The molecule has 1 atom stereocenters. The fourth-order valence-corrected chi connectivity index (χ4v) is 3.12. The number of hydrogen-bond acceptors (Lipinski definition) is 3. The van der Waals surface area contributed by atoms with Crippen molar-refractivity contribution in [3.05, 3.63) is 58.4 Å². The number of benzene rings is 1. The molecule has 3 rings (SSSR count). The molecule has 0 aliphatic heterocycles. The number of carbonyl (C=O) groups excluding carboxylic acids is 1. The van der Waals surface area contributed by atoms with Gasteiger partial charge in [-0.05, 0) is 68.7 Å². The number of rotatable bonds is 4. The Morgan fingerprint density at radius 1 is 1.22 bits per heavy atom. The van der Waals surface area contributed by atoms with Crippen LogP contribution in [-0.4, -0.2) is 22.1 Å². The summed E-state index contributed by atoms with van der Waals surface area (Å²) >= 11 is 0. The Hall–Kier alpha value is -2.23. The minimum atomic E-state index is -0.132. The molecule has 2 aromatic rings. The van der Waals surface area contributed by atoms with Crippen molar-refractivity contribution in [1.82, 2.24) is 15.5 Å². The van der Waals surface area contributed by atoms with E-state index >= 15 is 0 Å². The molecule has 0 saturated carbocycles. The van der Waals surface area contributed by atoms with Crippen molar-refractivity contribution < 1.29 is 4.79 Å². The summed E-state index contributed by atoms with van der Waals surface area (Å²) in [6.07, 6.45) is 5.14. The van der Waals surface area contributed by atoms with Crippen LogP contribution in [0.1, 0.15) is 52.6 Å². The Morgan fingerprint density at radius 3 is 2.83 bits per heavy atom. The van der Waals surface area contributed by atoms with Crippen LogP contribution >= 0.6 is 0 Å². The Bertz CT molecular complexity index is 712. The molecule has 120 valence electrons. The highest BCUT2D eigenvalue weighted by molar-refractivity contribution is 5.92. The predicted molar refractivity (Wildman–Crippen MR) is 90.5 cm³/mol. The Balaban J connectivity index is 1.65. The summed E-state index contributed by atoms with van der Waals surface area (Å²) in [6.45, 7) is 4.12. The number of nitrogens with zero attached hydrogens (tertiary/aromatic N) is 2. The molecule has 0 fully saturated rings. The zero-order chi connectivity index (χ0) is 16.2. The Morgan fingerprint density at radius 2 is 2.00 bits per heavy atom. The number of nitrogens with one attached hydrogen (secondary N) is 1. The van der Waals surface area contributed by atoms with Gasteiger partial charge in [-0.25, -0.2) is 0 Å². The normalized spacial score (nSPS) is 14.9. The van der Waals surface area contributed by atoms with Gasteiger partial charge in [-0.3, -0.25) is 4.79 Å². The van der Waals surface area contributed by atoms with E-state index in [2.05, 4.69) is 34.6 Å². The summed E-state index contributed by atoms with van der Waals surface area (Å²) in [5, 5.41) is 11.4. The molecule has 23 heavy (non-hydrogen) atoms. The zero-order valence-electron chi connectivity index (χ0n) is 13.8. The number of aryl methyl sites for hydroxylation is 3. The van der Waals surface area contributed by atoms with Gasteiger partial charge in [0.15, 0.2) is 5.69 Å². The molecule has 1 unspecified atom stereocenters. The van der Waals surface area contributed by atoms with Crippen LogP contribution in [0, 0.1) is 6.92 Å². The highest BCUT2D eigenvalue weighted by Crippen LogP contribution is 2.19. The first-order valence-electron chi connectivity index (χ1n) is 8.34.